The molecule has 1 unspecified atom stereocenters. The van der Waals surface area contributed by atoms with E-state index in [1.807, 2.05) is 24.3 Å². The third-order valence-corrected chi connectivity index (χ3v) is 3.96. The van der Waals surface area contributed by atoms with E-state index in [9.17, 15) is 10.1 Å². The van der Waals surface area contributed by atoms with Gasteiger partial charge in [0.05, 0.1) is 11.0 Å². The molecule has 0 aliphatic carbocycles. The molecule has 0 aliphatic heterocycles. The molecular weight excluding hydrogens is 356 g/mol. The van der Waals surface area contributed by atoms with E-state index in [2.05, 4.69) is 28.2 Å². The monoisotopic (exact) mass is 368 g/mol. The summed E-state index contributed by atoms with van der Waals surface area (Å²) in [5.41, 5.74) is 1.70. The van der Waals surface area contributed by atoms with Crippen LogP contribution in [0.5, 0.6) is 0 Å². The van der Waals surface area contributed by atoms with Gasteiger partial charge in [-0.3, -0.25) is 10.1 Å². The topological polar surface area (TPSA) is 55.2 Å². The van der Waals surface area contributed by atoms with E-state index in [-0.39, 0.29) is 16.8 Å². The first-order chi connectivity index (χ1) is 10.0. The summed E-state index contributed by atoms with van der Waals surface area (Å²) in [6, 6.07) is 12.8. The molecule has 0 bridgehead atoms. The zero-order chi connectivity index (χ0) is 15.4. The predicted molar refractivity (Wildman–Crippen MR) is 88.9 cm³/mol. The highest BCUT2D eigenvalue weighted by Crippen LogP contribution is 2.30. The molecular formula is C15H14BrClN2O2. The Bertz CT molecular complexity index is 664. The number of halogens is 2. The van der Waals surface area contributed by atoms with Gasteiger partial charge in [-0.15, -0.1) is 0 Å². The van der Waals surface area contributed by atoms with Crippen LogP contribution in [0.2, 0.25) is 5.02 Å². The van der Waals surface area contributed by atoms with Crippen molar-refractivity contribution in [1.82, 2.24) is 0 Å². The quantitative estimate of drug-likeness (QED) is 0.553. The Morgan fingerprint density at radius 3 is 2.71 bits per heavy atom. The Balaban J connectivity index is 2.27. The van der Waals surface area contributed by atoms with Crippen LogP contribution in [0.4, 0.5) is 11.4 Å². The third kappa shape index (κ3) is 3.95. The molecule has 0 aliphatic rings. The summed E-state index contributed by atoms with van der Waals surface area (Å²) in [6.45, 7) is 2.06. The van der Waals surface area contributed by atoms with Crippen molar-refractivity contribution in [3.05, 3.63) is 67.6 Å². The Morgan fingerprint density at radius 1 is 1.33 bits per heavy atom. The lowest BCUT2D eigenvalue weighted by Gasteiger charge is -2.19. The first kappa shape index (κ1) is 15.8. The van der Waals surface area contributed by atoms with E-state index in [4.69, 9.17) is 11.6 Å². The van der Waals surface area contributed by atoms with Gasteiger partial charge in [0.2, 0.25) is 0 Å². The Labute approximate surface area is 136 Å². The van der Waals surface area contributed by atoms with Crippen LogP contribution < -0.4 is 5.32 Å². The van der Waals surface area contributed by atoms with Crippen molar-refractivity contribution in [2.24, 2.45) is 0 Å². The maximum absolute atomic E-state index is 10.9. The first-order valence-corrected chi connectivity index (χ1v) is 7.64. The van der Waals surface area contributed by atoms with Gasteiger partial charge in [0.1, 0.15) is 5.02 Å². The van der Waals surface area contributed by atoms with Gasteiger partial charge in [-0.2, -0.15) is 0 Å². The van der Waals surface area contributed by atoms with Gasteiger partial charge < -0.3 is 5.32 Å². The number of benzene rings is 2. The molecule has 6 heteroatoms. The molecule has 0 aromatic heterocycles. The second-order valence-electron chi connectivity index (χ2n) is 4.58. The van der Waals surface area contributed by atoms with E-state index < -0.39 is 4.92 Å². The van der Waals surface area contributed by atoms with Crippen molar-refractivity contribution >= 4 is 38.9 Å². The lowest BCUT2D eigenvalue weighted by Crippen LogP contribution is -2.09. The normalized spacial score (nSPS) is 12.0. The minimum Gasteiger partial charge on any atom is -0.378 e. The van der Waals surface area contributed by atoms with Gasteiger partial charge in [-0.05, 0) is 36.2 Å². The standard InChI is InChI=1S/C15H14BrClN2O2/c1-2-14(10-4-3-5-11(16)8-10)18-12-6-7-13(17)15(9-12)19(20)21/h3-9,14,18H,2H2,1H3. The fourth-order valence-corrected chi connectivity index (χ4v) is 2.69. The van der Waals surface area contributed by atoms with E-state index in [0.717, 1.165) is 16.5 Å². The average molecular weight is 370 g/mol. The van der Waals surface area contributed by atoms with E-state index >= 15 is 0 Å². The average Bonchev–Trinajstić information content (AvgIpc) is 2.46. The molecule has 0 spiro atoms. The minimum absolute atomic E-state index is 0.0725. The first-order valence-electron chi connectivity index (χ1n) is 6.47. The maximum atomic E-state index is 10.9. The van der Waals surface area contributed by atoms with Crippen molar-refractivity contribution in [2.45, 2.75) is 19.4 Å². The van der Waals surface area contributed by atoms with Crippen LogP contribution in [0.3, 0.4) is 0 Å². The number of rotatable bonds is 5. The van der Waals surface area contributed by atoms with Crippen molar-refractivity contribution in [2.75, 3.05) is 5.32 Å². The van der Waals surface area contributed by atoms with Crippen LogP contribution in [-0.4, -0.2) is 4.92 Å². The molecule has 0 radical (unpaired) electrons. The zero-order valence-electron chi connectivity index (χ0n) is 11.3. The van der Waals surface area contributed by atoms with E-state index in [1.165, 1.54) is 12.1 Å². The minimum atomic E-state index is -0.479. The SMILES string of the molecule is CCC(Nc1ccc(Cl)c([N+](=O)[O-])c1)c1cccc(Br)c1. The highest BCUT2D eigenvalue weighted by molar-refractivity contribution is 9.10. The molecule has 1 atom stereocenters. The van der Waals surface area contributed by atoms with Crippen LogP contribution in [0.25, 0.3) is 0 Å². The fourth-order valence-electron chi connectivity index (χ4n) is 2.09. The Kier molecular flexibility index (Phi) is 5.20. The molecule has 0 heterocycles. The molecule has 0 saturated heterocycles. The van der Waals surface area contributed by atoms with Crippen molar-refractivity contribution < 1.29 is 4.92 Å². The second-order valence-corrected chi connectivity index (χ2v) is 5.91. The zero-order valence-corrected chi connectivity index (χ0v) is 13.7. The number of hydrogen-bond acceptors (Lipinski definition) is 3. The van der Waals surface area contributed by atoms with Crippen molar-refractivity contribution in [1.29, 1.82) is 0 Å². The van der Waals surface area contributed by atoms with Gasteiger partial charge in [-0.25, -0.2) is 0 Å². The Hall–Kier alpha value is -1.59. The fraction of sp³-hybridized carbons (Fsp3) is 0.200. The van der Waals surface area contributed by atoms with Crippen LogP contribution in [0.1, 0.15) is 24.9 Å². The maximum Gasteiger partial charge on any atom is 0.289 e. The highest BCUT2D eigenvalue weighted by atomic mass is 79.9. The molecule has 4 nitrogen and oxygen atoms in total. The summed E-state index contributed by atoms with van der Waals surface area (Å²) in [5.74, 6) is 0. The van der Waals surface area contributed by atoms with Gasteiger partial charge >= 0.3 is 0 Å². The summed E-state index contributed by atoms with van der Waals surface area (Å²) in [4.78, 5) is 10.5. The number of nitro benzene ring substituents is 1. The lowest BCUT2D eigenvalue weighted by molar-refractivity contribution is -0.384. The summed E-state index contributed by atoms with van der Waals surface area (Å²) in [5, 5.41) is 14.4. The number of hydrogen-bond donors (Lipinski definition) is 1. The van der Waals surface area contributed by atoms with Crippen LogP contribution in [-0.2, 0) is 0 Å². The smallest absolute Gasteiger partial charge is 0.289 e. The number of nitro groups is 1. The predicted octanol–water partition coefficient (Wildman–Crippen LogP) is 5.57. The van der Waals surface area contributed by atoms with Crippen molar-refractivity contribution in [3.63, 3.8) is 0 Å². The molecule has 21 heavy (non-hydrogen) atoms. The van der Waals surface area contributed by atoms with E-state index in [0.29, 0.717) is 5.69 Å². The summed E-state index contributed by atoms with van der Waals surface area (Å²) < 4.78 is 1.00. The largest absolute Gasteiger partial charge is 0.378 e. The Morgan fingerprint density at radius 2 is 2.10 bits per heavy atom. The summed E-state index contributed by atoms with van der Waals surface area (Å²) >= 11 is 9.27. The molecule has 2 aromatic carbocycles. The van der Waals surface area contributed by atoms with E-state index in [1.54, 1.807) is 6.07 Å². The lowest BCUT2D eigenvalue weighted by atomic mass is 10.0. The molecule has 0 amide bonds. The molecule has 0 saturated carbocycles. The molecule has 2 rings (SSSR count). The molecule has 110 valence electrons. The second kappa shape index (κ2) is 6.91. The number of nitrogens with one attached hydrogen (secondary N) is 1. The van der Waals surface area contributed by atoms with Crippen LogP contribution >= 0.6 is 27.5 Å². The van der Waals surface area contributed by atoms with Crippen LogP contribution in [0, 0.1) is 10.1 Å². The summed E-state index contributed by atoms with van der Waals surface area (Å²) in [6.07, 6.45) is 0.854. The summed E-state index contributed by atoms with van der Waals surface area (Å²) in [7, 11) is 0. The molecule has 1 N–H and O–H groups in total. The highest BCUT2D eigenvalue weighted by Gasteiger charge is 2.15. The molecule has 0 fully saturated rings. The van der Waals surface area contributed by atoms with Gasteiger partial charge in [0, 0.05) is 16.2 Å². The third-order valence-electron chi connectivity index (χ3n) is 3.14. The van der Waals surface area contributed by atoms with Gasteiger partial charge in [0.15, 0.2) is 0 Å². The molecule has 2 aromatic rings. The number of anilines is 1. The van der Waals surface area contributed by atoms with Crippen LogP contribution in [0.15, 0.2) is 46.9 Å². The van der Waals surface area contributed by atoms with Gasteiger partial charge in [-0.1, -0.05) is 46.6 Å². The van der Waals surface area contributed by atoms with Crippen molar-refractivity contribution in [3.8, 4) is 0 Å². The van der Waals surface area contributed by atoms with Gasteiger partial charge in [0.25, 0.3) is 5.69 Å². The number of nitrogens with zero attached hydrogens (tertiary/aromatic N) is 1.